The van der Waals surface area contributed by atoms with E-state index >= 15 is 0 Å². The number of para-hydroxylation sites is 1. The monoisotopic (exact) mass is 527 g/mol. The third-order valence-corrected chi connectivity index (χ3v) is 8.17. The predicted molar refractivity (Wildman–Crippen MR) is 146 cm³/mol. The molecule has 5 rings (SSSR count). The van der Waals surface area contributed by atoms with Crippen LogP contribution in [0.1, 0.15) is 37.8 Å². The number of hydrogen-bond donors (Lipinski definition) is 1. The Hall–Kier alpha value is -2.24. The lowest BCUT2D eigenvalue weighted by Crippen LogP contribution is -2.42. The van der Waals surface area contributed by atoms with Crippen LogP contribution in [0.25, 0.3) is 11.1 Å². The summed E-state index contributed by atoms with van der Waals surface area (Å²) >= 11 is 19.9. The normalized spacial score (nSPS) is 20.3. The lowest BCUT2D eigenvalue weighted by molar-refractivity contribution is 0.247. The Balaban J connectivity index is 1.75. The van der Waals surface area contributed by atoms with Crippen LogP contribution in [0.3, 0.4) is 0 Å². The Labute approximate surface area is 221 Å². The molecule has 7 heteroatoms. The Morgan fingerprint density at radius 2 is 1.60 bits per heavy atom. The molecule has 2 aliphatic rings. The number of halogens is 3. The minimum atomic E-state index is -0.252. The van der Waals surface area contributed by atoms with E-state index in [1.54, 1.807) is 23.1 Å². The van der Waals surface area contributed by atoms with Crippen LogP contribution in [0.2, 0.25) is 15.1 Å². The molecule has 1 fully saturated rings. The molecule has 0 saturated carbocycles. The number of likely N-dealkylation sites (tertiary alicyclic amines) is 1. The average Bonchev–Trinajstić information content (AvgIpc) is 3.22. The molecule has 1 saturated heterocycles. The van der Waals surface area contributed by atoms with Gasteiger partial charge in [-0.15, -0.1) is 0 Å². The van der Waals surface area contributed by atoms with Gasteiger partial charge in [0.1, 0.15) is 0 Å². The summed E-state index contributed by atoms with van der Waals surface area (Å²) in [7, 11) is 0. The standard InChI is InChI=1S/C28H28Cl3N3O/c1-16(2)33-14-17(3)22(15-33)18-11-20(19-7-4-5-8-23(19)29)21-13-32-28(35)34(26(21)12-18)27-24(30)9-6-10-25(27)31/h4-12,16-17,22H,13-15H2,1-3H3,(H,32,35)/t17-,22?/m0/s1. The molecule has 0 aliphatic carbocycles. The van der Waals surface area contributed by atoms with E-state index in [0.717, 1.165) is 35.5 Å². The van der Waals surface area contributed by atoms with Crippen molar-refractivity contribution >= 4 is 52.2 Å². The SMILES string of the molecule is CC(C)N1CC(c2cc(-c3ccccc3Cl)c3c(c2)N(c2c(Cl)cccc2Cl)C(=O)NC3)[C@@H](C)C1. The zero-order valence-electron chi connectivity index (χ0n) is 20.0. The molecule has 182 valence electrons. The fraction of sp³-hybridized carbons (Fsp3) is 0.321. The molecule has 1 N–H and O–H groups in total. The number of amides is 2. The van der Waals surface area contributed by atoms with Gasteiger partial charge in [-0.3, -0.25) is 4.90 Å². The zero-order chi connectivity index (χ0) is 24.9. The van der Waals surface area contributed by atoms with Crippen LogP contribution < -0.4 is 10.2 Å². The number of nitrogens with zero attached hydrogens (tertiary/aromatic N) is 2. The summed E-state index contributed by atoms with van der Waals surface area (Å²) in [6, 6.07) is 17.8. The third-order valence-electron chi connectivity index (χ3n) is 7.23. The van der Waals surface area contributed by atoms with E-state index in [1.807, 2.05) is 24.3 Å². The van der Waals surface area contributed by atoms with Gasteiger partial charge in [0.25, 0.3) is 0 Å². The van der Waals surface area contributed by atoms with E-state index < -0.39 is 0 Å². The first-order valence-electron chi connectivity index (χ1n) is 11.9. The van der Waals surface area contributed by atoms with Crippen LogP contribution >= 0.6 is 34.8 Å². The largest absolute Gasteiger partial charge is 0.333 e. The number of carbonyl (C=O) groups excluding carboxylic acids is 1. The molecule has 0 spiro atoms. The van der Waals surface area contributed by atoms with E-state index in [9.17, 15) is 4.79 Å². The van der Waals surface area contributed by atoms with Gasteiger partial charge in [-0.25, -0.2) is 4.79 Å². The van der Waals surface area contributed by atoms with Crippen molar-refractivity contribution in [1.29, 1.82) is 0 Å². The topological polar surface area (TPSA) is 35.6 Å². The smallest absolute Gasteiger partial charge is 0.326 e. The van der Waals surface area contributed by atoms with Crippen molar-refractivity contribution in [3.05, 3.63) is 80.8 Å². The maximum atomic E-state index is 13.3. The average molecular weight is 529 g/mol. The Bertz CT molecular complexity index is 1270. The summed E-state index contributed by atoms with van der Waals surface area (Å²) in [5.74, 6) is 0.807. The van der Waals surface area contributed by atoms with Gasteiger partial charge in [-0.05, 0) is 55.2 Å². The summed E-state index contributed by atoms with van der Waals surface area (Å²) in [5, 5.41) is 4.53. The summed E-state index contributed by atoms with van der Waals surface area (Å²) in [6.07, 6.45) is 0. The Kier molecular flexibility index (Phi) is 6.75. The van der Waals surface area contributed by atoms with Gasteiger partial charge in [0.15, 0.2) is 0 Å². The lowest BCUT2D eigenvalue weighted by Gasteiger charge is -2.34. The van der Waals surface area contributed by atoms with Crippen LogP contribution in [0.5, 0.6) is 0 Å². The van der Waals surface area contributed by atoms with E-state index in [0.29, 0.717) is 45.2 Å². The number of fused-ring (bicyclic) bond motifs is 1. The van der Waals surface area contributed by atoms with Crippen LogP contribution in [-0.4, -0.2) is 30.1 Å². The van der Waals surface area contributed by atoms with Crippen molar-refractivity contribution in [1.82, 2.24) is 10.2 Å². The molecule has 3 aromatic rings. The van der Waals surface area contributed by atoms with Gasteiger partial charge >= 0.3 is 6.03 Å². The number of nitrogens with one attached hydrogen (secondary N) is 1. The second-order valence-electron chi connectivity index (χ2n) is 9.74. The molecule has 3 aromatic carbocycles. The molecule has 1 unspecified atom stereocenters. The number of urea groups is 1. The van der Waals surface area contributed by atoms with Crippen molar-refractivity contribution in [2.75, 3.05) is 18.0 Å². The number of benzene rings is 3. The Morgan fingerprint density at radius 3 is 2.26 bits per heavy atom. The minimum absolute atomic E-state index is 0.252. The van der Waals surface area contributed by atoms with Crippen LogP contribution in [0.15, 0.2) is 54.6 Å². The molecule has 2 atom stereocenters. The molecule has 0 bridgehead atoms. The van der Waals surface area contributed by atoms with E-state index in [1.165, 1.54) is 5.56 Å². The first-order chi connectivity index (χ1) is 16.8. The van der Waals surface area contributed by atoms with Gasteiger partial charge < -0.3 is 10.2 Å². The maximum Gasteiger partial charge on any atom is 0.326 e. The highest BCUT2D eigenvalue weighted by Gasteiger charge is 2.36. The highest BCUT2D eigenvalue weighted by molar-refractivity contribution is 6.40. The first kappa shape index (κ1) is 24.5. The molecule has 2 heterocycles. The molecular weight excluding hydrogens is 501 g/mol. The van der Waals surface area contributed by atoms with Gasteiger partial charge in [0.2, 0.25) is 0 Å². The lowest BCUT2D eigenvalue weighted by atomic mass is 9.85. The van der Waals surface area contributed by atoms with E-state index in [4.69, 9.17) is 34.8 Å². The van der Waals surface area contributed by atoms with Crippen molar-refractivity contribution in [2.24, 2.45) is 5.92 Å². The second-order valence-corrected chi connectivity index (χ2v) is 11.0. The van der Waals surface area contributed by atoms with Crippen LogP contribution in [-0.2, 0) is 6.54 Å². The fourth-order valence-corrected chi connectivity index (χ4v) is 6.14. The first-order valence-corrected chi connectivity index (χ1v) is 13.1. The van der Waals surface area contributed by atoms with Gasteiger partial charge in [0, 0.05) is 47.7 Å². The molecular formula is C28H28Cl3N3O. The van der Waals surface area contributed by atoms with Crippen molar-refractivity contribution < 1.29 is 4.79 Å². The summed E-state index contributed by atoms with van der Waals surface area (Å²) in [5.41, 5.74) is 5.43. The minimum Gasteiger partial charge on any atom is -0.333 e. The van der Waals surface area contributed by atoms with Gasteiger partial charge in [-0.1, -0.05) is 72.1 Å². The quantitative estimate of drug-likeness (QED) is 0.371. The van der Waals surface area contributed by atoms with Crippen molar-refractivity contribution in [3.8, 4) is 11.1 Å². The van der Waals surface area contributed by atoms with E-state index in [2.05, 4.69) is 43.1 Å². The van der Waals surface area contributed by atoms with E-state index in [-0.39, 0.29) is 6.03 Å². The second kappa shape index (κ2) is 9.67. The molecule has 0 aromatic heterocycles. The number of rotatable bonds is 4. The number of hydrogen-bond acceptors (Lipinski definition) is 2. The summed E-state index contributed by atoms with van der Waals surface area (Å²) in [4.78, 5) is 17.4. The van der Waals surface area contributed by atoms with Gasteiger partial charge in [-0.2, -0.15) is 0 Å². The number of anilines is 2. The van der Waals surface area contributed by atoms with Gasteiger partial charge in [0.05, 0.1) is 21.4 Å². The molecule has 0 radical (unpaired) electrons. The Morgan fingerprint density at radius 1 is 0.914 bits per heavy atom. The zero-order valence-corrected chi connectivity index (χ0v) is 22.3. The molecule has 35 heavy (non-hydrogen) atoms. The van der Waals surface area contributed by atoms with Crippen LogP contribution in [0.4, 0.5) is 16.2 Å². The van der Waals surface area contributed by atoms with Crippen LogP contribution in [0, 0.1) is 5.92 Å². The highest BCUT2D eigenvalue weighted by Crippen LogP contribution is 2.46. The summed E-state index contributed by atoms with van der Waals surface area (Å²) < 4.78 is 0. The fourth-order valence-electron chi connectivity index (χ4n) is 5.33. The molecule has 2 amide bonds. The van der Waals surface area contributed by atoms with Crippen molar-refractivity contribution in [3.63, 3.8) is 0 Å². The third kappa shape index (κ3) is 4.42. The molecule has 4 nitrogen and oxygen atoms in total. The van der Waals surface area contributed by atoms with Crippen molar-refractivity contribution in [2.45, 2.75) is 39.3 Å². The molecule has 2 aliphatic heterocycles. The number of carbonyl (C=O) groups is 1. The highest BCUT2D eigenvalue weighted by atomic mass is 35.5. The predicted octanol–water partition coefficient (Wildman–Crippen LogP) is 8.12. The maximum absolute atomic E-state index is 13.3. The summed E-state index contributed by atoms with van der Waals surface area (Å²) in [6.45, 7) is 9.19.